The molecule has 1 saturated heterocycles. The predicted molar refractivity (Wildman–Crippen MR) is 126 cm³/mol. The third-order valence-electron chi connectivity index (χ3n) is 4.94. The number of piperazine rings is 1. The largest absolute Gasteiger partial charge is 0.482 e. The summed E-state index contributed by atoms with van der Waals surface area (Å²) in [5, 5.41) is 0.716. The van der Waals surface area contributed by atoms with Crippen LogP contribution in [-0.4, -0.2) is 62.7 Å². The smallest absolute Gasteiger partial charge is 0.260 e. The summed E-state index contributed by atoms with van der Waals surface area (Å²) in [4.78, 5) is 16.9. The van der Waals surface area contributed by atoms with Crippen LogP contribution in [0, 0.1) is 0 Å². The second-order valence-electron chi connectivity index (χ2n) is 7.60. The van der Waals surface area contributed by atoms with Gasteiger partial charge in [-0.15, -0.1) is 0 Å². The zero-order chi connectivity index (χ0) is 22.6. The third-order valence-corrected chi connectivity index (χ3v) is 6.28. The van der Waals surface area contributed by atoms with Gasteiger partial charge in [-0.05, 0) is 42.8 Å². The molecule has 1 fully saturated rings. The fraction of sp³-hybridized carbons (Fsp3) is 0.381. The molecule has 1 heterocycles. The SMILES string of the molecule is C[C@@H]1CN(Cc2ccc(Cl)cc2)CCN1C(=O)COc1ccc(Br)cc1NS(C)(=O)=O. The Labute approximate surface area is 196 Å². The maximum absolute atomic E-state index is 12.8. The maximum atomic E-state index is 12.8. The van der Waals surface area contributed by atoms with Crippen molar-refractivity contribution in [2.45, 2.75) is 19.5 Å². The van der Waals surface area contributed by atoms with Crippen LogP contribution in [-0.2, 0) is 21.4 Å². The first-order chi connectivity index (χ1) is 14.6. The summed E-state index contributed by atoms with van der Waals surface area (Å²) in [6.45, 7) is 4.78. The Balaban J connectivity index is 1.56. The Bertz CT molecular complexity index is 1030. The van der Waals surface area contributed by atoms with Crippen molar-refractivity contribution in [2.24, 2.45) is 0 Å². The van der Waals surface area contributed by atoms with Crippen LogP contribution in [0.2, 0.25) is 5.02 Å². The van der Waals surface area contributed by atoms with Crippen molar-refractivity contribution in [3.05, 3.63) is 57.5 Å². The molecule has 1 aliphatic rings. The van der Waals surface area contributed by atoms with E-state index in [0.29, 0.717) is 21.8 Å². The van der Waals surface area contributed by atoms with Crippen molar-refractivity contribution in [3.8, 4) is 5.75 Å². The molecule has 1 atom stereocenters. The first-order valence-electron chi connectivity index (χ1n) is 9.77. The number of carbonyl (C=O) groups is 1. The average Bonchev–Trinajstić information content (AvgIpc) is 2.68. The summed E-state index contributed by atoms with van der Waals surface area (Å²) in [5.41, 5.74) is 1.46. The van der Waals surface area contributed by atoms with Crippen LogP contribution in [0.25, 0.3) is 0 Å². The minimum atomic E-state index is -3.48. The van der Waals surface area contributed by atoms with Gasteiger partial charge in [-0.2, -0.15) is 0 Å². The van der Waals surface area contributed by atoms with Gasteiger partial charge in [0.2, 0.25) is 10.0 Å². The van der Waals surface area contributed by atoms with E-state index in [1.807, 2.05) is 31.2 Å². The van der Waals surface area contributed by atoms with Crippen molar-refractivity contribution in [1.82, 2.24) is 9.80 Å². The maximum Gasteiger partial charge on any atom is 0.260 e. The van der Waals surface area contributed by atoms with Gasteiger partial charge in [0.05, 0.1) is 11.9 Å². The molecule has 168 valence electrons. The second-order valence-corrected chi connectivity index (χ2v) is 10.7. The van der Waals surface area contributed by atoms with Gasteiger partial charge < -0.3 is 9.64 Å². The topological polar surface area (TPSA) is 79.0 Å². The molecule has 2 aromatic rings. The fourth-order valence-electron chi connectivity index (χ4n) is 3.53. The highest BCUT2D eigenvalue weighted by molar-refractivity contribution is 9.10. The van der Waals surface area contributed by atoms with Crippen LogP contribution in [0.4, 0.5) is 5.69 Å². The summed E-state index contributed by atoms with van der Waals surface area (Å²) in [7, 11) is -3.48. The lowest BCUT2D eigenvalue weighted by Crippen LogP contribution is -2.54. The monoisotopic (exact) mass is 529 g/mol. The zero-order valence-electron chi connectivity index (χ0n) is 17.3. The number of amides is 1. The highest BCUT2D eigenvalue weighted by Gasteiger charge is 2.27. The van der Waals surface area contributed by atoms with Crippen molar-refractivity contribution >= 4 is 49.1 Å². The normalized spacial score (nSPS) is 17.4. The molecule has 0 saturated carbocycles. The lowest BCUT2D eigenvalue weighted by atomic mass is 10.1. The Morgan fingerprint density at radius 1 is 1.23 bits per heavy atom. The number of nitrogens with zero attached hydrogens (tertiary/aromatic N) is 2. The molecule has 31 heavy (non-hydrogen) atoms. The number of hydrogen-bond acceptors (Lipinski definition) is 5. The number of sulfonamides is 1. The van der Waals surface area contributed by atoms with E-state index >= 15 is 0 Å². The number of hydrogen-bond donors (Lipinski definition) is 1. The summed E-state index contributed by atoms with van der Waals surface area (Å²) in [5.74, 6) is 0.169. The number of benzene rings is 2. The van der Waals surface area contributed by atoms with Crippen LogP contribution in [0.1, 0.15) is 12.5 Å². The zero-order valence-corrected chi connectivity index (χ0v) is 20.5. The Hall–Kier alpha value is -1.81. The van der Waals surface area contributed by atoms with Gasteiger partial charge in [0.1, 0.15) is 5.75 Å². The Morgan fingerprint density at radius 2 is 1.94 bits per heavy atom. The molecule has 7 nitrogen and oxygen atoms in total. The molecular formula is C21H25BrClN3O4S. The summed E-state index contributed by atoms with van der Waals surface area (Å²) in [6, 6.07) is 12.8. The lowest BCUT2D eigenvalue weighted by molar-refractivity contribution is -0.137. The van der Waals surface area contributed by atoms with Crippen LogP contribution in [0.5, 0.6) is 5.75 Å². The van der Waals surface area contributed by atoms with Gasteiger partial charge in [0.15, 0.2) is 6.61 Å². The van der Waals surface area contributed by atoms with Gasteiger partial charge in [-0.25, -0.2) is 8.42 Å². The standard InChI is InChI=1S/C21H25BrClN3O4S/c1-15-12-25(13-16-3-6-18(23)7-4-16)9-10-26(15)21(27)14-30-20-8-5-17(22)11-19(20)24-31(2,28)29/h3-8,11,15,24H,9-10,12-14H2,1-2H3/t15-/m1/s1. The number of anilines is 1. The van der Waals surface area contributed by atoms with E-state index in [9.17, 15) is 13.2 Å². The van der Waals surface area contributed by atoms with Crippen molar-refractivity contribution in [1.29, 1.82) is 0 Å². The fourth-order valence-corrected chi connectivity index (χ4v) is 4.57. The van der Waals surface area contributed by atoms with Crippen molar-refractivity contribution < 1.29 is 17.9 Å². The quantitative estimate of drug-likeness (QED) is 0.592. The van der Waals surface area contributed by atoms with Gasteiger partial charge >= 0.3 is 0 Å². The summed E-state index contributed by atoms with van der Waals surface area (Å²) >= 11 is 9.26. The number of rotatable bonds is 7. The van der Waals surface area contributed by atoms with Crippen LogP contribution < -0.4 is 9.46 Å². The van der Waals surface area contributed by atoms with Crippen LogP contribution in [0.3, 0.4) is 0 Å². The second kappa shape index (κ2) is 10.2. The highest BCUT2D eigenvalue weighted by atomic mass is 79.9. The van der Waals surface area contributed by atoms with Crippen LogP contribution in [0.15, 0.2) is 46.9 Å². The molecular weight excluding hydrogens is 506 g/mol. The highest BCUT2D eigenvalue weighted by Crippen LogP contribution is 2.29. The molecule has 0 radical (unpaired) electrons. The molecule has 0 unspecified atom stereocenters. The molecule has 0 spiro atoms. The van der Waals surface area contributed by atoms with Crippen molar-refractivity contribution in [2.75, 3.05) is 37.2 Å². The number of nitrogens with one attached hydrogen (secondary N) is 1. The average molecular weight is 531 g/mol. The Morgan fingerprint density at radius 3 is 2.58 bits per heavy atom. The molecule has 0 aliphatic carbocycles. The number of ether oxygens (including phenoxy) is 1. The van der Waals surface area contributed by atoms with Gasteiger partial charge in [0.25, 0.3) is 5.91 Å². The minimum Gasteiger partial charge on any atom is -0.482 e. The molecule has 0 aromatic heterocycles. The van der Waals surface area contributed by atoms with E-state index in [4.69, 9.17) is 16.3 Å². The van der Waals surface area contributed by atoms with E-state index in [-0.39, 0.29) is 24.2 Å². The van der Waals surface area contributed by atoms with E-state index in [0.717, 1.165) is 25.9 Å². The molecule has 1 aliphatic heterocycles. The van der Waals surface area contributed by atoms with E-state index < -0.39 is 10.0 Å². The molecule has 1 N–H and O–H groups in total. The Kier molecular flexibility index (Phi) is 7.85. The molecule has 10 heteroatoms. The van der Waals surface area contributed by atoms with Gasteiger partial charge in [0, 0.05) is 41.7 Å². The predicted octanol–water partition coefficient (Wildman–Crippen LogP) is 3.59. The molecule has 0 bridgehead atoms. The minimum absolute atomic E-state index is 0.0377. The van der Waals surface area contributed by atoms with Crippen molar-refractivity contribution in [3.63, 3.8) is 0 Å². The lowest BCUT2D eigenvalue weighted by Gasteiger charge is -2.39. The summed E-state index contributed by atoms with van der Waals surface area (Å²) < 4.78 is 32.0. The van der Waals surface area contributed by atoms with Gasteiger partial charge in [-0.3, -0.25) is 14.4 Å². The van der Waals surface area contributed by atoms with Crippen LogP contribution >= 0.6 is 27.5 Å². The number of carbonyl (C=O) groups excluding carboxylic acids is 1. The first kappa shape index (κ1) is 23.8. The summed E-state index contributed by atoms with van der Waals surface area (Å²) in [6.07, 6.45) is 1.06. The molecule has 3 rings (SSSR count). The van der Waals surface area contributed by atoms with Gasteiger partial charge in [-0.1, -0.05) is 39.7 Å². The van der Waals surface area contributed by atoms with E-state index in [1.54, 1.807) is 23.1 Å². The van der Waals surface area contributed by atoms with E-state index in [2.05, 4.69) is 25.6 Å². The molecule has 2 aromatic carbocycles. The first-order valence-corrected chi connectivity index (χ1v) is 12.8. The number of halogens is 2. The molecule has 1 amide bonds. The van der Waals surface area contributed by atoms with E-state index in [1.165, 1.54) is 5.56 Å². The third kappa shape index (κ3) is 7.10.